The molecular formula is C17H17N3O. The van der Waals surface area contributed by atoms with E-state index in [4.69, 9.17) is 5.26 Å². The van der Waals surface area contributed by atoms with Gasteiger partial charge in [0, 0.05) is 23.9 Å². The monoisotopic (exact) mass is 279 g/mol. The number of nitrogens with one attached hydrogen (secondary N) is 1. The molecule has 0 fully saturated rings. The minimum absolute atomic E-state index is 0.0569. The Morgan fingerprint density at radius 1 is 1.29 bits per heavy atom. The summed E-state index contributed by atoms with van der Waals surface area (Å²) >= 11 is 0. The number of aromatic nitrogens is 1. The lowest BCUT2D eigenvalue weighted by atomic mass is 10.1. The van der Waals surface area contributed by atoms with Crippen molar-refractivity contribution in [3.63, 3.8) is 0 Å². The summed E-state index contributed by atoms with van der Waals surface area (Å²) in [6, 6.07) is 14.6. The summed E-state index contributed by atoms with van der Waals surface area (Å²) in [4.78, 5) is 16.6. The van der Waals surface area contributed by atoms with E-state index in [0.29, 0.717) is 17.5 Å². The number of hydrogen-bond acceptors (Lipinski definition) is 3. The number of amides is 1. The highest BCUT2D eigenvalue weighted by Gasteiger charge is 2.14. The molecule has 1 aromatic heterocycles. The zero-order valence-corrected chi connectivity index (χ0v) is 12.1. The molecule has 0 spiro atoms. The van der Waals surface area contributed by atoms with Crippen LogP contribution in [0.2, 0.25) is 0 Å². The van der Waals surface area contributed by atoms with Gasteiger partial charge in [-0.1, -0.05) is 18.2 Å². The van der Waals surface area contributed by atoms with Crippen molar-refractivity contribution in [2.24, 2.45) is 0 Å². The van der Waals surface area contributed by atoms with Crippen LogP contribution in [0.1, 0.15) is 34.2 Å². The molecule has 4 nitrogen and oxygen atoms in total. The first-order chi connectivity index (χ1) is 10.1. The van der Waals surface area contributed by atoms with Crippen LogP contribution in [-0.4, -0.2) is 16.9 Å². The largest absolute Gasteiger partial charge is 0.349 e. The lowest BCUT2D eigenvalue weighted by molar-refractivity contribution is 0.0939. The fraction of sp³-hybridized carbons (Fsp3) is 0.235. The van der Waals surface area contributed by atoms with Gasteiger partial charge in [0.25, 0.3) is 5.91 Å². The molecule has 4 heteroatoms. The first-order valence-corrected chi connectivity index (χ1v) is 6.82. The second-order valence-electron chi connectivity index (χ2n) is 5.01. The molecule has 0 radical (unpaired) electrons. The minimum Gasteiger partial charge on any atom is -0.349 e. The van der Waals surface area contributed by atoms with Gasteiger partial charge in [-0.2, -0.15) is 5.26 Å². The molecule has 1 N–H and O–H groups in total. The van der Waals surface area contributed by atoms with Gasteiger partial charge < -0.3 is 5.32 Å². The van der Waals surface area contributed by atoms with Crippen LogP contribution >= 0.6 is 0 Å². The molecule has 0 unspecified atom stereocenters. The standard InChI is InChI=1S/C17H17N3O/c1-12-6-5-8-15(19-12)10-13(2)20-17(21)16-9-4-3-7-14(16)11-18/h3-9,13H,10H2,1-2H3,(H,20,21)/t13-/m1/s1. The third kappa shape index (κ3) is 3.90. The van der Waals surface area contributed by atoms with Gasteiger partial charge in [-0.3, -0.25) is 9.78 Å². The Balaban J connectivity index is 2.04. The van der Waals surface area contributed by atoms with E-state index in [0.717, 1.165) is 11.4 Å². The van der Waals surface area contributed by atoms with Crippen LogP contribution in [0, 0.1) is 18.3 Å². The van der Waals surface area contributed by atoms with Crippen LogP contribution in [0.15, 0.2) is 42.5 Å². The molecule has 0 saturated heterocycles. The van der Waals surface area contributed by atoms with Gasteiger partial charge in [0.2, 0.25) is 0 Å². The fourth-order valence-electron chi connectivity index (χ4n) is 2.16. The van der Waals surface area contributed by atoms with Crippen LogP contribution in [0.3, 0.4) is 0 Å². The number of aryl methyl sites for hydroxylation is 1. The highest BCUT2D eigenvalue weighted by atomic mass is 16.1. The van der Waals surface area contributed by atoms with Crippen LogP contribution in [0.25, 0.3) is 0 Å². The molecule has 1 heterocycles. The van der Waals surface area contributed by atoms with Gasteiger partial charge in [-0.15, -0.1) is 0 Å². The van der Waals surface area contributed by atoms with Crippen LogP contribution in [0.4, 0.5) is 0 Å². The number of pyridine rings is 1. The Morgan fingerprint density at radius 2 is 2.05 bits per heavy atom. The maximum atomic E-state index is 12.2. The van der Waals surface area contributed by atoms with Crippen LogP contribution in [-0.2, 0) is 6.42 Å². The topological polar surface area (TPSA) is 65.8 Å². The molecule has 0 saturated carbocycles. The van der Waals surface area contributed by atoms with E-state index in [1.54, 1.807) is 24.3 Å². The first-order valence-electron chi connectivity index (χ1n) is 6.82. The Labute approximate surface area is 124 Å². The summed E-state index contributed by atoms with van der Waals surface area (Å²) in [5, 5.41) is 11.9. The second-order valence-corrected chi connectivity index (χ2v) is 5.01. The normalized spacial score (nSPS) is 11.5. The predicted octanol–water partition coefficient (Wildman–Crippen LogP) is 2.62. The molecule has 1 amide bonds. The van der Waals surface area contributed by atoms with E-state index in [1.165, 1.54) is 0 Å². The van der Waals surface area contributed by atoms with Crippen molar-refractivity contribution in [3.05, 3.63) is 65.0 Å². The van der Waals surface area contributed by atoms with Gasteiger partial charge in [-0.25, -0.2) is 0 Å². The van der Waals surface area contributed by atoms with Crippen LogP contribution < -0.4 is 5.32 Å². The van der Waals surface area contributed by atoms with E-state index < -0.39 is 0 Å². The van der Waals surface area contributed by atoms with Crippen molar-refractivity contribution in [3.8, 4) is 6.07 Å². The van der Waals surface area contributed by atoms with Crippen molar-refractivity contribution in [1.82, 2.24) is 10.3 Å². The van der Waals surface area contributed by atoms with Gasteiger partial charge in [0.1, 0.15) is 0 Å². The zero-order valence-electron chi connectivity index (χ0n) is 12.1. The van der Waals surface area contributed by atoms with E-state index >= 15 is 0 Å². The SMILES string of the molecule is Cc1cccc(C[C@@H](C)NC(=O)c2ccccc2C#N)n1. The number of nitriles is 1. The molecule has 0 aliphatic carbocycles. The number of rotatable bonds is 4. The van der Waals surface area contributed by atoms with E-state index in [2.05, 4.69) is 10.3 Å². The highest BCUT2D eigenvalue weighted by molar-refractivity contribution is 5.96. The average molecular weight is 279 g/mol. The predicted molar refractivity (Wildman–Crippen MR) is 80.8 cm³/mol. The van der Waals surface area contributed by atoms with Gasteiger partial charge in [0.15, 0.2) is 0 Å². The average Bonchev–Trinajstić information content (AvgIpc) is 2.47. The lowest BCUT2D eigenvalue weighted by Crippen LogP contribution is -2.34. The summed E-state index contributed by atoms with van der Waals surface area (Å²) in [7, 11) is 0. The molecule has 0 aliphatic rings. The van der Waals surface area contributed by atoms with E-state index in [-0.39, 0.29) is 11.9 Å². The maximum Gasteiger partial charge on any atom is 0.252 e. The third-order valence-electron chi connectivity index (χ3n) is 3.13. The van der Waals surface area contributed by atoms with E-state index in [9.17, 15) is 4.79 Å². The fourth-order valence-corrected chi connectivity index (χ4v) is 2.16. The Bertz CT molecular complexity index is 688. The molecule has 0 aliphatic heterocycles. The molecule has 2 rings (SSSR count). The highest BCUT2D eigenvalue weighted by Crippen LogP contribution is 2.08. The molecule has 1 aromatic carbocycles. The number of carbonyl (C=O) groups is 1. The number of hydrogen-bond donors (Lipinski definition) is 1. The number of nitrogens with zero attached hydrogens (tertiary/aromatic N) is 2. The van der Waals surface area contributed by atoms with Crippen molar-refractivity contribution in [1.29, 1.82) is 5.26 Å². The van der Waals surface area contributed by atoms with Crippen molar-refractivity contribution in [2.75, 3.05) is 0 Å². The number of carbonyl (C=O) groups excluding carboxylic acids is 1. The van der Waals surface area contributed by atoms with Gasteiger partial charge in [0.05, 0.1) is 17.2 Å². The smallest absolute Gasteiger partial charge is 0.252 e. The molecule has 0 bridgehead atoms. The molecule has 21 heavy (non-hydrogen) atoms. The number of benzene rings is 1. The van der Waals surface area contributed by atoms with E-state index in [1.807, 2.05) is 38.1 Å². The zero-order chi connectivity index (χ0) is 15.2. The Morgan fingerprint density at radius 3 is 2.76 bits per heavy atom. The lowest BCUT2D eigenvalue weighted by Gasteiger charge is -2.14. The van der Waals surface area contributed by atoms with Crippen molar-refractivity contribution >= 4 is 5.91 Å². The van der Waals surface area contributed by atoms with Crippen molar-refractivity contribution < 1.29 is 4.79 Å². The van der Waals surface area contributed by atoms with Gasteiger partial charge in [-0.05, 0) is 38.1 Å². The Hall–Kier alpha value is -2.67. The third-order valence-corrected chi connectivity index (χ3v) is 3.13. The quantitative estimate of drug-likeness (QED) is 0.935. The maximum absolute atomic E-state index is 12.2. The summed E-state index contributed by atoms with van der Waals surface area (Å²) < 4.78 is 0. The van der Waals surface area contributed by atoms with Crippen molar-refractivity contribution in [2.45, 2.75) is 26.3 Å². The summed E-state index contributed by atoms with van der Waals surface area (Å²) in [5.74, 6) is -0.229. The molecular weight excluding hydrogens is 262 g/mol. The minimum atomic E-state index is -0.229. The Kier molecular flexibility index (Phi) is 4.68. The summed E-state index contributed by atoms with van der Waals surface area (Å²) in [6.45, 7) is 3.87. The summed E-state index contributed by atoms with van der Waals surface area (Å²) in [5.41, 5.74) is 2.69. The molecule has 1 atom stereocenters. The molecule has 2 aromatic rings. The van der Waals surface area contributed by atoms with Crippen LogP contribution in [0.5, 0.6) is 0 Å². The summed E-state index contributed by atoms with van der Waals surface area (Å²) in [6.07, 6.45) is 0.655. The molecule has 106 valence electrons. The first kappa shape index (κ1) is 14.7. The second kappa shape index (κ2) is 6.67. The van der Waals surface area contributed by atoms with Gasteiger partial charge >= 0.3 is 0 Å².